The van der Waals surface area contributed by atoms with E-state index in [2.05, 4.69) is 53.5 Å². The Bertz CT molecular complexity index is 1310. The molecule has 4 heteroatoms. The molecule has 2 saturated carbocycles. The molecular formula is C28H28N2O2. The molecular weight excluding hydrogens is 396 g/mol. The van der Waals surface area contributed by atoms with Gasteiger partial charge in [-0.3, -0.25) is 9.20 Å². The third-order valence-corrected chi connectivity index (χ3v) is 7.54. The van der Waals surface area contributed by atoms with Gasteiger partial charge in [0.05, 0.1) is 30.8 Å². The van der Waals surface area contributed by atoms with E-state index in [0.717, 1.165) is 42.6 Å². The van der Waals surface area contributed by atoms with Crippen LogP contribution in [0.3, 0.4) is 0 Å². The molecule has 2 aliphatic rings. The van der Waals surface area contributed by atoms with Crippen LogP contribution in [-0.4, -0.2) is 22.3 Å². The van der Waals surface area contributed by atoms with Gasteiger partial charge in [0.1, 0.15) is 5.75 Å². The van der Waals surface area contributed by atoms with Gasteiger partial charge in [-0.25, -0.2) is 4.98 Å². The van der Waals surface area contributed by atoms with Gasteiger partial charge in [0.2, 0.25) is 0 Å². The standard InChI is InChI=1S/C28H28N2O2/c1-32-26-15-14-22(24-4-2-3-5-25(24)26)18-8-10-20(11-9-18)28(31)27-23(19-6-7-19)13-12-21-16-29-17-30(21)27/h2-5,12-20H,6-11H2,1H3. The first kappa shape index (κ1) is 19.5. The first-order chi connectivity index (χ1) is 15.7. The fourth-order valence-electron chi connectivity index (χ4n) is 5.68. The van der Waals surface area contributed by atoms with E-state index in [1.807, 2.05) is 16.9 Å². The number of rotatable bonds is 5. The Kier molecular flexibility index (Phi) is 4.74. The van der Waals surface area contributed by atoms with Crippen LogP contribution in [0, 0.1) is 5.92 Å². The van der Waals surface area contributed by atoms with Crippen LogP contribution in [-0.2, 0) is 0 Å². The average molecular weight is 425 g/mol. The Morgan fingerprint density at radius 1 is 0.875 bits per heavy atom. The lowest BCUT2D eigenvalue weighted by Gasteiger charge is -2.29. The number of benzene rings is 2. The zero-order chi connectivity index (χ0) is 21.7. The molecule has 6 rings (SSSR count). The molecule has 0 N–H and O–H groups in total. The number of methoxy groups -OCH3 is 1. The van der Waals surface area contributed by atoms with Gasteiger partial charge in [-0.1, -0.05) is 36.4 Å². The molecule has 4 aromatic rings. The highest BCUT2D eigenvalue weighted by molar-refractivity contribution is 5.99. The summed E-state index contributed by atoms with van der Waals surface area (Å²) in [5, 5.41) is 2.45. The fourth-order valence-corrected chi connectivity index (χ4v) is 5.68. The van der Waals surface area contributed by atoms with E-state index in [4.69, 9.17) is 4.74 Å². The van der Waals surface area contributed by atoms with E-state index in [-0.39, 0.29) is 5.92 Å². The lowest BCUT2D eigenvalue weighted by Crippen LogP contribution is -2.24. The number of carbonyl (C=O) groups is 1. The Morgan fingerprint density at radius 2 is 1.56 bits per heavy atom. The topological polar surface area (TPSA) is 43.6 Å². The molecule has 2 fully saturated rings. The minimum Gasteiger partial charge on any atom is -0.496 e. The minimum absolute atomic E-state index is 0.0984. The van der Waals surface area contributed by atoms with Crippen molar-refractivity contribution in [2.75, 3.05) is 7.11 Å². The maximum Gasteiger partial charge on any atom is 0.182 e. The molecule has 0 saturated heterocycles. The summed E-state index contributed by atoms with van der Waals surface area (Å²) in [6.07, 6.45) is 10.0. The summed E-state index contributed by atoms with van der Waals surface area (Å²) in [6.45, 7) is 0. The Balaban J connectivity index is 1.27. The molecule has 4 nitrogen and oxygen atoms in total. The van der Waals surface area contributed by atoms with Crippen molar-refractivity contribution < 1.29 is 9.53 Å². The summed E-state index contributed by atoms with van der Waals surface area (Å²) in [5.74, 6) is 2.37. The highest BCUT2D eigenvalue weighted by Gasteiger charge is 2.34. The molecule has 2 heterocycles. The number of ketones is 1. The number of nitrogens with zero attached hydrogens (tertiary/aromatic N) is 2. The van der Waals surface area contributed by atoms with Crippen LogP contribution < -0.4 is 4.74 Å². The molecule has 0 amide bonds. The summed E-state index contributed by atoms with van der Waals surface area (Å²) in [6, 6.07) is 17.1. The molecule has 0 unspecified atom stereocenters. The van der Waals surface area contributed by atoms with Crippen molar-refractivity contribution in [1.82, 2.24) is 9.38 Å². The van der Waals surface area contributed by atoms with E-state index in [9.17, 15) is 4.79 Å². The summed E-state index contributed by atoms with van der Waals surface area (Å²) >= 11 is 0. The third-order valence-electron chi connectivity index (χ3n) is 7.54. The van der Waals surface area contributed by atoms with Crippen LogP contribution in [0.5, 0.6) is 5.75 Å². The predicted molar refractivity (Wildman–Crippen MR) is 127 cm³/mol. The molecule has 162 valence electrons. The number of hydrogen-bond donors (Lipinski definition) is 0. The van der Waals surface area contributed by atoms with Crippen molar-refractivity contribution in [3.8, 4) is 5.75 Å². The molecule has 0 radical (unpaired) electrons. The summed E-state index contributed by atoms with van der Waals surface area (Å²) in [5.41, 5.74) is 4.52. The number of fused-ring (bicyclic) bond motifs is 2. The number of imidazole rings is 1. The number of carbonyl (C=O) groups excluding carboxylic acids is 1. The van der Waals surface area contributed by atoms with Crippen LogP contribution in [0.25, 0.3) is 16.3 Å². The lowest BCUT2D eigenvalue weighted by molar-refractivity contribution is 0.0876. The summed E-state index contributed by atoms with van der Waals surface area (Å²) < 4.78 is 7.61. The molecule has 0 spiro atoms. The van der Waals surface area contributed by atoms with Crippen LogP contribution in [0.4, 0.5) is 0 Å². The normalized spacial score (nSPS) is 21.2. The van der Waals surface area contributed by atoms with Gasteiger partial charge in [0.25, 0.3) is 0 Å². The molecule has 0 aliphatic heterocycles. The van der Waals surface area contributed by atoms with Crippen LogP contribution in [0.15, 0.2) is 61.1 Å². The van der Waals surface area contributed by atoms with Gasteiger partial charge >= 0.3 is 0 Å². The van der Waals surface area contributed by atoms with Gasteiger partial charge < -0.3 is 4.74 Å². The van der Waals surface area contributed by atoms with Crippen molar-refractivity contribution in [2.45, 2.75) is 50.4 Å². The number of aromatic nitrogens is 2. The number of hydrogen-bond acceptors (Lipinski definition) is 3. The van der Waals surface area contributed by atoms with Crippen LogP contribution in [0.2, 0.25) is 0 Å². The van der Waals surface area contributed by atoms with Gasteiger partial charge in [-0.2, -0.15) is 0 Å². The first-order valence-electron chi connectivity index (χ1n) is 11.8. The SMILES string of the molecule is COc1ccc(C2CCC(C(=O)c3c(C4CC4)ccc4cncn34)CC2)c2ccccc12. The van der Waals surface area contributed by atoms with Crippen molar-refractivity contribution in [2.24, 2.45) is 5.92 Å². The van der Waals surface area contributed by atoms with Gasteiger partial charge in [-0.05, 0) is 79.0 Å². The van der Waals surface area contributed by atoms with E-state index in [1.165, 1.54) is 34.7 Å². The molecule has 2 aromatic carbocycles. The highest BCUT2D eigenvalue weighted by Crippen LogP contribution is 2.45. The molecule has 0 atom stereocenters. The quantitative estimate of drug-likeness (QED) is 0.342. The maximum atomic E-state index is 13.7. The zero-order valence-electron chi connectivity index (χ0n) is 18.5. The first-order valence-corrected chi connectivity index (χ1v) is 11.8. The van der Waals surface area contributed by atoms with Gasteiger partial charge in [-0.15, -0.1) is 0 Å². The number of ether oxygens (including phenoxy) is 1. The Labute approximate surface area is 188 Å². The average Bonchev–Trinajstić information content (AvgIpc) is 3.58. The summed E-state index contributed by atoms with van der Waals surface area (Å²) in [7, 11) is 1.73. The van der Waals surface area contributed by atoms with E-state index >= 15 is 0 Å². The fraction of sp³-hybridized carbons (Fsp3) is 0.357. The van der Waals surface area contributed by atoms with Crippen LogP contribution >= 0.6 is 0 Å². The Morgan fingerprint density at radius 3 is 2.31 bits per heavy atom. The smallest absolute Gasteiger partial charge is 0.182 e. The molecule has 2 aliphatic carbocycles. The second kappa shape index (κ2) is 7.77. The van der Waals surface area contributed by atoms with E-state index in [1.54, 1.807) is 7.11 Å². The molecule has 32 heavy (non-hydrogen) atoms. The monoisotopic (exact) mass is 424 g/mol. The second-order valence-corrected chi connectivity index (χ2v) is 9.42. The number of Topliss-reactive ketones (excluding diaryl/α,β-unsaturated/α-hetero) is 1. The molecule has 2 aromatic heterocycles. The van der Waals surface area contributed by atoms with Crippen LogP contribution in [0.1, 0.15) is 72.0 Å². The van der Waals surface area contributed by atoms with Gasteiger partial charge in [0.15, 0.2) is 5.78 Å². The van der Waals surface area contributed by atoms with Crippen molar-refractivity contribution in [1.29, 1.82) is 0 Å². The van der Waals surface area contributed by atoms with Crippen molar-refractivity contribution >= 4 is 22.1 Å². The van der Waals surface area contributed by atoms with Crippen molar-refractivity contribution in [3.05, 3.63) is 77.9 Å². The lowest BCUT2D eigenvalue weighted by atomic mass is 9.75. The zero-order valence-corrected chi connectivity index (χ0v) is 18.5. The van der Waals surface area contributed by atoms with E-state index < -0.39 is 0 Å². The van der Waals surface area contributed by atoms with Gasteiger partial charge in [0, 0.05) is 11.3 Å². The van der Waals surface area contributed by atoms with Crippen molar-refractivity contribution in [3.63, 3.8) is 0 Å². The number of pyridine rings is 1. The Hall–Kier alpha value is -3.14. The minimum atomic E-state index is 0.0984. The predicted octanol–water partition coefficient (Wildman–Crippen LogP) is 6.53. The largest absolute Gasteiger partial charge is 0.496 e. The second-order valence-electron chi connectivity index (χ2n) is 9.42. The van der Waals surface area contributed by atoms with E-state index in [0.29, 0.717) is 17.6 Å². The maximum absolute atomic E-state index is 13.7. The third kappa shape index (κ3) is 3.21. The molecule has 0 bridgehead atoms. The summed E-state index contributed by atoms with van der Waals surface area (Å²) in [4.78, 5) is 18.0. The highest BCUT2D eigenvalue weighted by atomic mass is 16.5.